The molecule has 0 radical (unpaired) electrons. The summed E-state index contributed by atoms with van der Waals surface area (Å²) in [6, 6.07) is 51.9. The zero-order chi connectivity index (χ0) is 35.3. The number of carbonyl (C=O) groups is 1. The van der Waals surface area contributed by atoms with Crippen LogP contribution in [0.25, 0.3) is 28.3 Å². The van der Waals surface area contributed by atoms with Gasteiger partial charge in [0.1, 0.15) is 17.1 Å². The highest BCUT2D eigenvalue weighted by Gasteiger charge is 2.42. The van der Waals surface area contributed by atoms with E-state index in [9.17, 15) is 4.79 Å². The van der Waals surface area contributed by atoms with Gasteiger partial charge in [0.25, 0.3) is 0 Å². The van der Waals surface area contributed by atoms with Crippen LogP contribution in [0.2, 0.25) is 0 Å². The molecule has 0 atom stereocenters. The Kier molecular flexibility index (Phi) is 8.94. The molecule has 0 fully saturated rings. The fraction of sp³-hybridized carbons (Fsp3) is 0.114. The molecular formula is C44H37N7O. The van der Waals surface area contributed by atoms with Crippen molar-refractivity contribution in [3.05, 3.63) is 198 Å². The Morgan fingerprint density at radius 3 is 1.81 bits per heavy atom. The van der Waals surface area contributed by atoms with Crippen molar-refractivity contribution >= 4 is 6.29 Å². The van der Waals surface area contributed by atoms with Crippen LogP contribution in [-0.4, -0.2) is 40.6 Å². The van der Waals surface area contributed by atoms with Gasteiger partial charge in [-0.05, 0) is 68.4 Å². The molecule has 0 aliphatic rings. The second-order valence-electron chi connectivity index (χ2n) is 12.7. The quantitative estimate of drug-likeness (QED) is 0.0954. The summed E-state index contributed by atoms with van der Waals surface area (Å²) in [5.74, 6) is 2.11. The van der Waals surface area contributed by atoms with E-state index in [-0.39, 0.29) is 0 Å². The number of hydrogen-bond acceptors (Lipinski definition) is 5. The highest BCUT2D eigenvalue weighted by atomic mass is 16.1. The molecule has 0 amide bonds. The lowest BCUT2D eigenvalue weighted by Crippen LogP contribution is -2.39. The second-order valence-corrected chi connectivity index (χ2v) is 12.7. The van der Waals surface area contributed by atoms with E-state index < -0.39 is 5.54 Å². The molecule has 0 unspecified atom stereocenters. The summed E-state index contributed by atoms with van der Waals surface area (Å²) < 4.78 is 5.91. The Hall–Kier alpha value is -6.67. The number of aryl methyl sites for hydroxylation is 1. The van der Waals surface area contributed by atoms with Crippen LogP contribution < -0.4 is 0 Å². The maximum Gasteiger partial charge on any atom is 0.184 e. The fourth-order valence-electron chi connectivity index (χ4n) is 7.29. The van der Waals surface area contributed by atoms with Crippen LogP contribution in [-0.2, 0) is 18.5 Å². The maximum absolute atomic E-state index is 12.7. The third-order valence-corrected chi connectivity index (χ3v) is 9.61. The number of aromatic nitrogens is 7. The molecule has 0 aliphatic carbocycles. The van der Waals surface area contributed by atoms with Crippen molar-refractivity contribution in [2.75, 3.05) is 0 Å². The van der Waals surface area contributed by atoms with Gasteiger partial charge in [-0.15, -0.1) is 5.10 Å². The second kappa shape index (κ2) is 14.3. The van der Waals surface area contributed by atoms with Crippen LogP contribution in [0.3, 0.4) is 0 Å². The van der Waals surface area contributed by atoms with Gasteiger partial charge < -0.3 is 9.13 Å². The van der Waals surface area contributed by atoms with Gasteiger partial charge in [-0.1, -0.05) is 140 Å². The van der Waals surface area contributed by atoms with E-state index in [1.54, 1.807) is 0 Å². The Labute approximate surface area is 302 Å². The summed E-state index contributed by atoms with van der Waals surface area (Å²) in [5.41, 5.74) is 6.59. The van der Waals surface area contributed by atoms with Gasteiger partial charge in [0.15, 0.2) is 17.9 Å². The fourth-order valence-corrected chi connectivity index (χ4v) is 7.29. The first-order chi connectivity index (χ1) is 25.7. The SMILES string of the molecule is CCCc1nc(-n2cccc2)c(C=O)n1Cc1ccc(-c2ccccc2)c(-c2nnnn2C(c2ccccc2)(c2ccccc2)c2ccccc2)c1. The molecule has 3 heterocycles. The van der Waals surface area contributed by atoms with Gasteiger partial charge in [-0.25, -0.2) is 9.67 Å². The maximum atomic E-state index is 12.7. The van der Waals surface area contributed by atoms with Crippen LogP contribution >= 0.6 is 0 Å². The number of hydrogen-bond donors (Lipinski definition) is 0. The molecule has 8 aromatic rings. The van der Waals surface area contributed by atoms with Gasteiger partial charge in [-0.3, -0.25) is 4.79 Å². The highest BCUT2D eigenvalue weighted by molar-refractivity contribution is 5.82. The molecule has 52 heavy (non-hydrogen) atoms. The first kappa shape index (κ1) is 32.5. The standard InChI is InChI=1S/C44H37N7O/c1-2-17-41-45-43(49-28-15-16-29-49)40(32-52)50(41)31-33-26-27-38(34-18-7-3-8-19-34)39(30-33)42-46-47-48-51(42)44(35-20-9-4-10-21-35,36-22-11-5-12-23-36)37-24-13-6-14-25-37/h3-16,18-30,32H,2,17,31H2,1H3. The van der Waals surface area contributed by atoms with Gasteiger partial charge >= 0.3 is 0 Å². The topological polar surface area (TPSA) is 83.4 Å². The summed E-state index contributed by atoms with van der Waals surface area (Å²) in [6.07, 6.45) is 6.38. The average Bonchev–Trinajstić information content (AvgIpc) is 3.99. The number of rotatable bonds is 12. The monoisotopic (exact) mass is 679 g/mol. The van der Waals surface area contributed by atoms with Gasteiger partial charge in [0, 0.05) is 30.9 Å². The number of nitrogens with zero attached hydrogens (tertiary/aromatic N) is 7. The molecule has 8 rings (SSSR count). The summed E-state index contributed by atoms with van der Waals surface area (Å²) in [4.78, 5) is 17.7. The van der Waals surface area contributed by atoms with E-state index in [2.05, 4.69) is 115 Å². The Balaban J connectivity index is 1.37. The third kappa shape index (κ3) is 5.74. The molecule has 3 aromatic heterocycles. The number of aldehydes is 1. The van der Waals surface area contributed by atoms with E-state index in [0.29, 0.717) is 23.9 Å². The van der Waals surface area contributed by atoms with Gasteiger partial charge in [-0.2, -0.15) is 0 Å². The van der Waals surface area contributed by atoms with Gasteiger partial charge in [0.2, 0.25) is 0 Å². The molecule has 0 aliphatic heterocycles. The Bertz CT molecular complexity index is 2300. The van der Waals surface area contributed by atoms with Crippen molar-refractivity contribution in [1.82, 2.24) is 34.3 Å². The normalized spacial score (nSPS) is 11.5. The van der Waals surface area contributed by atoms with Crippen LogP contribution in [0.15, 0.2) is 164 Å². The van der Waals surface area contributed by atoms with E-state index in [4.69, 9.17) is 15.3 Å². The zero-order valence-corrected chi connectivity index (χ0v) is 28.8. The van der Waals surface area contributed by atoms with Crippen molar-refractivity contribution in [2.45, 2.75) is 31.8 Å². The predicted octanol–water partition coefficient (Wildman–Crippen LogP) is 8.65. The summed E-state index contributed by atoms with van der Waals surface area (Å²) >= 11 is 0. The molecule has 8 nitrogen and oxygen atoms in total. The number of tetrazole rings is 1. The van der Waals surface area contributed by atoms with E-state index >= 15 is 0 Å². The van der Waals surface area contributed by atoms with Crippen LogP contribution in [0.4, 0.5) is 0 Å². The van der Waals surface area contributed by atoms with Gasteiger partial charge in [0.05, 0.1) is 0 Å². The lowest BCUT2D eigenvalue weighted by atomic mass is 9.77. The average molecular weight is 680 g/mol. The molecule has 0 spiro atoms. The summed E-state index contributed by atoms with van der Waals surface area (Å²) in [7, 11) is 0. The number of benzene rings is 5. The lowest BCUT2D eigenvalue weighted by molar-refractivity contribution is 0.111. The molecule has 0 bridgehead atoms. The zero-order valence-electron chi connectivity index (χ0n) is 28.8. The number of carbonyl (C=O) groups excluding carboxylic acids is 1. The Morgan fingerprint density at radius 1 is 0.673 bits per heavy atom. The minimum Gasteiger partial charge on any atom is -0.319 e. The van der Waals surface area contributed by atoms with Crippen LogP contribution in [0.5, 0.6) is 0 Å². The molecule has 0 N–H and O–H groups in total. The Morgan fingerprint density at radius 2 is 1.25 bits per heavy atom. The first-order valence-electron chi connectivity index (χ1n) is 17.5. The molecular weight excluding hydrogens is 643 g/mol. The minimum atomic E-state index is -0.915. The van der Waals surface area contributed by atoms with Crippen LogP contribution in [0.1, 0.15) is 51.9 Å². The van der Waals surface area contributed by atoms with Crippen molar-refractivity contribution in [1.29, 1.82) is 0 Å². The molecule has 0 saturated heterocycles. The predicted molar refractivity (Wildman–Crippen MR) is 203 cm³/mol. The summed E-state index contributed by atoms with van der Waals surface area (Å²) in [6.45, 7) is 2.57. The first-order valence-corrected chi connectivity index (χ1v) is 17.5. The molecule has 254 valence electrons. The van der Waals surface area contributed by atoms with Crippen molar-refractivity contribution < 1.29 is 4.79 Å². The van der Waals surface area contributed by atoms with Crippen molar-refractivity contribution in [3.63, 3.8) is 0 Å². The molecule has 0 saturated carbocycles. The van der Waals surface area contributed by atoms with E-state index in [0.717, 1.165) is 63.9 Å². The van der Waals surface area contributed by atoms with E-state index in [1.807, 2.05) is 74.7 Å². The molecule has 5 aromatic carbocycles. The minimum absolute atomic E-state index is 0.447. The van der Waals surface area contributed by atoms with E-state index in [1.165, 1.54) is 0 Å². The molecule has 8 heteroatoms. The highest BCUT2D eigenvalue weighted by Crippen LogP contribution is 2.43. The van der Waals surface area contributed by atoms with Crippen molar-refractivity contribution in [3.8, 4) is 28.3 Å². The van der Waals surface area contributed by atoms with Crippen LogP contribution in [0, 0.1) is 0 Å². The third-order valence-electron chi connectivity index (χ3n) is 9.61. The summed E-state index contributed by atoms with van der Waals surface area (Å²) in [5, 5.41) is 14.0. The van der Waals surface area contributed by atoms with Crippen molar-refractivity contribution in [2.24, 2.45) is 0 Å². The lowest BCUT2D eigenvalue weighted by Gasteiger charge is -2.36. The largest absolute Gasteiger partial charge is 0.319 e. The number of imidazole rings is 1. The smallest absolute Gasteiger partial charge is 0.184 e.